The molecule has 1 amide bonds. The summed E-state index contributed by atoms with van der Waals surface area (Å²) in [4.78, 5) is 12.1. The highest BCUT2D eigenvalue weighted by molar-refractivity contribution is 7.09. The molecular formula is C10H16N2O2S. The lowest BCUT2D eigenvalue weighted by atomic mass is 10.2. The summed E-state index contributed by atoms with van der Waals surface area (Å²) >= 11 is 1.67. The molecule has 4 nitrogen and oxygen atoms in total. The van der Waals surface area contributed by atoms with Gasteiger partial charge in [0.05, 0.1) is 12.7 Å². The molecular weight excluding hydrogens is 212 g/mol. The van der Waals surface area contributed by atoms with Gasteiger partial charge in [0.25, 0.3) is 0 Å². The SMILES string of the molecule is CC(CCC(=O)NN)OCc1cccs1. The van der Waals surface area contributed by atoms with Crippen LogP contribution in [0, 0.1) is 0 Å². The zero-order valence-electron chi connectivity index (χ0n) is 8.73. The molecule has 0 saturated heterocycles. The average Bonchev–Trinajstić information content (AvgIpc) is 2.75. The van der Waals surface area contributed by atoms with E-state index < -0.39 is 0 Å². The molecule has 0 fully saturated rings. The molecule has 0 aliphatic heterocycles. The predicted octanol–water partition coefficient (Wildman–Crippen LogP) is 1.42. The van der Waals surface area contributed by atoms with Crippen LogP contribution in [-0.2, 0) is 16.1 Å². The standard InChI is InChI=1S/C10H16N2O2S/c1-8(4-5-10(13)12-11)14-7-9-3-2-6-15-9/h2-3,6,8H,4-5,7,11H2,1H3,(H,12,13). The zero-order chi connectivity index (χ0) is 11.1. The first-order valence-electron chi connectivity index (χ1n) is 4.86. The van der Waals surface area contributed by atoms with E-state index in [0.29, 0.717) is 19.4 Å². The van der Waals surface area contributed by atoms with Gasteiger partial charge in [-0.3, -0.25) is 10.2 Å². The van der Waals surface area contributed by atoms with Crippen LogP contribution in [0.2, 0.25) is 0 Å². The number of carbonyl (C=O) groups excluding carboxylic acids is 1. The minimum Gasteiger partial charge on any atom is -0.373 e. The van der Waals surface area contributed by atoms with Gasteiger partial charge in [0.2, 0.25) is 5.91 Å². The smallest absolute Gasteiger partial charge is 0.233 e. The Labute approximate surface area is 93.4 Å². The van der Waals surface area contributed by atoms with Gasteiger partial charge in [0.15, 0.2) is 0 Å². The Morgan fingerprint density at radius 2 is 2.53 bits per heavy atom. The highest BCUT2D eigenvalue weighted by Crippen LogP contribution is 2.12. The minimum absolute atomic E-state index is 0.0735. The van der Waals surface area contributed by atoms with Crippen molar-refractivity contribution in [1.82, 2.24) is 5.43 Å². The molecule has 1 atom stereocenters. The molecule has 1 heterocycles. The van der Waals surface area contributed by atoms with Crippen LogP contribution in [0.3, 0.4) is 0 Å². The predicted molar refractivity (Wildman–Crippen MR) is 60.1 cm³/mol. The van der Waals surface area contributed by atoms with Crippen molar-refractivity contribution in [2.24, 2.45) is 5.84 Å². The van der Waals surface area contributed by atoms with Crippen molar-refractivity contribution in [3.8, 4) is 0 Å². The molecule has 1 aromatic heterocycles. The van der Waals surface area contributed by atoms with Gasteiger partial charge in [-0.05, 0) is 24.8 Å². The topological polar surface area (TPSA) is 64.4 Å². The van der Waals surface area contributed by atoms with Gasteiger partial charge in [0.1, 0.15) is 0 Å². The van der Waals surface area contributed by atoms with Crippen molar-refractivity contribution in [3.05, 3.63) is 22.4 Å². The fourth-order valence-corrected chi connectivity index (χ4v) is 1.73. The summed E-state index contributed by atoms with van der Waals surface area (Å²) in [7, 11) is 0. The summed E-state index contributed by atoms with van der Waals surface area (Å²) in [6, 6.07) is 4.03. The molecule has 0 aliphatic carbocycles. The first-order chi connectivity index (χ1) is 7.22. The number of thiophene rings is 1. The molecule has 0 radical (unpaired) electrons. The maximum Gasteiger partial charge on any atom is 0.233 e. The van der Waals surface area contributed by atoms with Gasteiger partial charge >= 0.3 is 0 Å². The third-order valence-corrected chi connectivity index (χ3v) is 2.88. The van der Waals surface area contributed by atoms with Crippen LogP contribution < -0.4 is 11.3 Å². The molecule has 1 unspecified atom stereocenters. The zero-order valence-corrected chi connectivity index (χ0v) is 9.55. The molecule has 3 N–H and O–H groups in total. The van der Waals surface area contributed by atoms with Crippen molar-refractivity contribution >= 4 is 17.2 Å². The van der Waals surface area contributed by atoms with E-state index in [1.165, 1.54) is 4.88 Å². The lowest BCUT2D eigenvalue weighted by molar-refractivity contribution is -0.121. The van der Waals surface area contributed by atoms with E-state index in [-0.39, 0.29) is 12.0 Å². The van der Waals surface area contributed by atoms with Crippen LogP contribution in [0.15, 0.2) is 17.5 Å². The molecule has 0 bridgehead atoms. The molecule has 0 aromatic carbocycles. The number of nitrogens with one attached hydrogen (secondary N) is 1. The number of ether oxygens (including phenoxy) is 1. The highest BCUT2D eigenvalue weighted by atomic mass is 32.1. The monoisotopic (exact) mass is 228 g/mol. The van der Waals surface area contributed by atoms with E-state index in [2.05, 4.69) is 5.43 Å². The molecule has 1 aromatic rings. The number of carbonyl (C=O) groups is 1. The van der Waals surface area contributed by atoms with Crippen molar-refractivity contribution in [1.29, 1.82) is 0 Å². The quantitative estimate of drug-likeness (QED) is 0.440. The number of nitrogens with two attached hydrogens (primary N) is 1. The van der Waals surface area contributed by atoms with Crippen molar-refractivity contribution in [3.63, 3.8) is 0 Å². The lowest BCUT2D eigenvalue weighted by Crippen LogP contribution is -2.30. The van der Waals surface area contributed by atoms with Gasteiger partial charge in [-0.2, -0.15) is 0 Å². The summed E-state index contributed by atoms with van der Waals surface area (Å²) in [6.07, 6.45) is 1.17. The summed E-state index contributed by atoms with van der Waals surface area (Å²) in [5.41, 5.74) is 2.10. The van der Waals surface area contributed by atoms with E-state index in [1.807, 2.05) is 24.4 Å². The Balaban J connectivity index is 2.13. The highest BCUT2D eigenvalue weighted by Gasteiger charge is 2.06. The second-order valence-corrected chi connectivity index (χ2v) is 4.34. The second-order valence-electron chi connectivity index (χ2n) is 3.31. The lowest BCUT2D eigenvalue weighted by Gasteiger charge is -2.11. The van der Waals surface area contributed by atoms with E-state index in [1.54, 1.807) is 11.3 Å². The molecule has 0 aliphatic rings. The van der Waals surface area contributed by atoms with Crippen LogP contribution in [-0.4, -0.2) is 12.0 Å². The summed E-state index contributed by atoms with van der Waals surface area (Å²) < 4.78 is 5.57. The van der Waals surface area contributed by atoms with E-state index in [9.17, 15) is 4.79 Å². The van der Waals surface area contributed by atoms with Gasteiger partial charge in [0, 0.05) is 11.3 Å². The second kappa shape index (κ2) is 6.55. The Morgan fingerprint density at radius 1 is 1.73 bits per heavy atom. The molecule has 5 heteroatoms. The number of hydrogen-bond donors (Lipinski definition) is 2. The van der Waals surface area contributed by atoms with Gasteiger partial charge in [-0.25, -0.2) is 5.84 Å². The summed E-state index contributed by atoms with van der Waals surface area (Å²) in [5.74, 6) is 4.82. The molecule has 1 rings (SSSR count). The molecule has 0 spiro atoms. The Morgan fingerprint density at radius 3 is 3.13 bits per heavy atom. The third-order valence-electron chi connectivity index (χ3n) is 2.03. The van der Waals surface area contributed by atoms with E-state index in [0.717, 1.165) is 0 Å². The van der Waals surface area contributed by atoms with Crippen LogP contribution in [0.25, 0.3) is 0 Å². The van der Waals surface area contributed by atoms with E-state index in [4.69, 9.17) is 10.6 Å². The molecule has 15 heavy (non-hydrogen) atoms. The number of rotatable bonds is 6. The van der Waals surface area contributed by atoms with Crippen LogP contribution in [0.5, 0.6) is 0 Å². The van der Waals surface area contributed by atoms with Gasteiger partial charge in [-0.1, -0.05) is 6.07 Å². The molecule has 0 saturated carbocycles. The van der Waals surface area contributed by atoms with Gasteiger partial charge < -0.3 is 4.74 Å². The van der Waals surface area contributed by atoms with Crippen molar-refractivity contribution in [2.45, 2.75) is 32.5 Å². The number of amides is 1. The summed E-state index contributed by atoms with van der Waals surface area (Å²) in [5, 5.41) is 2.02. The fraction of sp³-hybridized carbons (Fsp3) is 0.500. The first-order valence-corrected chi connectivity index (χ1v) is 5.73. The molecule has 84 valence electrons. The van der Waals surface area contributed by atoms with Crippen LogP contribution in [0.1, 0.15) is 24.6 Å². The Kier molecular flexibility index (Phi) is 5.31. The fourth-order valence-electron chi connectivity index (χ4n) is 1.11. The normalized spacial score (nSPS) is 12.4. The number of hydrazine groups is 1. The van der Waals surface area contributed by atoms with Crippen LogP contribution >= 0.6 is 11.3 Å². The maximum absolute atomic E-state index is 10.9. The third kappa shape index (κ3) is 4.92. The van der Waals surface area contributed by atoms with Crippen molar-refractivity contribution < 1.29 is 9.53 Å². The Hall–Kier alpha value is -0.910. The number of hydrogen-bond acceptors (Lipinski definition) is 4. The van der Waals surface area contributed by atoms with Gasteiger partial charge in [-0.15, -0.1) is 11.3 Å². The van der Waals surface area contributed by atoms with E-state index >= 15 is 0 Å². The maximum atomic E-state index is 10.9. The van der Waals surface area contributed by atoms with Crippen LogP contribution in [0.4, 0.5) is 0 Å². The summed E-state index contributed by atoms with van der Waals surface area (Å²) in [6.45, 7) is 2.57. The largest absolute Gasteiger partial charge is 0.373 e. The first kappa shape index (κ1) is 12.2. The minimum atomic E-state index is -0.151. The Bertz CT molecular complexity index is 288. The average molecular weight is 228 g/mol. The van der Waals surface area contributed by atoms with Crippen molar-refractivity contribution in [2.75, 3.05) is 0 Å².